The molecule has 40 heavy (non-hydrogen) atoms. The second kappa shape index (κ2) is 14.9. The van der Waals surface area contributed by atoms with Crippen molar-refractivity contribution in [3.63, 3.8) is 0 Å². The summed E-state index contributed by atoms with van der Waals surface area (Å²) in [4.78, 5) is 28.7. The lowest BCUT2D eigenvalue weighted by molar-refractivity contribution is -0.141. The summed E-state index contributed by atoms with van der Waals surface area (Å²) in [5.41, 5.74) is 0.966. The molecule has 1 aliphatic rings. The molecule has 1 atom stereocenters. The van der Waals surface area contributed by atoms with Crippen molar-refractivity contribution in [3.05, 3.63) is 58.1 Å². The Bertz CT molecular complexity index is 1250. The fourth-order valence-corrected chi connectivity index (χ4v) is 6.62. The van der Waals surface area contributed by atoms with E-state index in [0.717, 1.165) is 31.9 Å². The zero-order valence-corrected chi connectivity index (χ0v) is 25.7. The lowest BCUT2D eigenvalue weighted by Crippen LogP contribution is -2.51. The Morgan fingerprint density at radius 1 is 1.05 bits per heavy atom. The van der Waals surface area contributed by atoms with Gasteiger partial charge in [0.05, 0.1) is 19.1 Å². The first-order valence-electron chi connectivity index (χ1n) is 13.7. The quantitative estimate of drug-likeness (QED) is 0.308. The molecule has 0 bridgehead atoms. The molecule has 0 aromatic heterocycles. The number of benzene rings is 2. The first-order valence-corrected chi connectivity index (χ1v) is 16.3. The number of amides is 2. The van der Waals surface area contributed by atoms with Gasteiger partial charge in [0.1, 0.15) is 11.8 Å². The lowest BCUT2D eigenvalue weighted by atomic mass is 9.95. The monoisotopic (exact) mass is 611 g/mol. The number of nitrogens with zero attached hydrogens (tertiary/aromatic N) is 2. The molecule has 220 valence electrons. The molecule has 2 aromatic carbocycles. The molecular weight excluding hydrogens is 573 g/mol. The molecule has 1 N–H and O–H groups in total. The average Bonchev–Trinajstić information content (AvgIpc) is 2.92. The second-order valence-electron chi connectivity index (χ2n) is 10.1. The van der Waals surface area contributed by atoms with Crippen LogP contribution in [-0.4, -0.2) is 57.1 Å². The van der Waals surface area contributed by atoms with Crippen molar-refractivity contribution in [1.82, 2.24) is 10.2 Å². The summed E-state index contributed by atoms with van der Waals surface area (Å²) in [6.45, 7) is 2.00. The predicted molar refractivity (Wildman–Crippen MR) is 161 cm³/mol. The number of sulfonamides is 1. The van der Waals surface area contributed by atoms with Gasteiger partial charge in [-0.1, -0.05) is 67.6 Å². The molecule has 0 unspecified atom stereocenters. The lowest BCUT2D eigenvalue weighted by Gasteiger charge is -2.33. The number of halogens is 2. The van der Waals surface area contributed by atoms with Gasteiger partial charge in [-0.05, 0) is 49.9 Å². The van der Waals surface area contributed by atoms with Crippen molar-refractivity contribution in [3.8, 4) is 5.75 Å². The molecule has 0 aliphatic heterocycles. The number of ether oxygens (including phenoxy) is 1. The maximum atomic E-state index is 13.7. The first kappa shape index (κ1) is 32.0. The molecule has 0 radical (unpaired) electrons. The van der Waals surface area contributed by atoms with Crippen LogP contribution in [0.3, 0.4) is 0 Å². The summed E-state index contributed by atoms with van der Waals surface area (Å²) in [5, 5.41) is 3.97. The van der Waals surface area contributed by atoms with E-state index in [1.807, 2.05) is 6.92 Å². The fraction of sp³-hybridized carbons (Fsp3) is 0.517. The number of carbonyl (C=O) groups is 2. The van der Waals surface area contributed by atoms with E-state index in [4.69, 9.17) is 27.9 Å². The van der Waals surface area contributed by atoms with E-state index < -0.39 is 16.1 Å². The van der Waals surface area contributed by atoms with Gasteiger partial charge in [0.25, 0.3) is 0 Å². The summed E-state index contributed by atoms with van der Waals surface area (Å²) < 4.78 is 31.9. The number of hydrogen-bond acceptors (Lipinski definition) is 5. The van der Waals surface area contributed by atoms with Gasteiger partial charge < -0.3 is 15.0 Å². The van der Waals surface area contributed by atoms with Crippen LogP contribution in [0, 0.1) is 0 Å². The van der Waals surface area contributed by atoms with Gasteiger partial charge in [-0.15, -0.1) is 0 Å². The molecule has 0 heterocycles. The van der Waals surface area contributed by atoms with Gasteiger partial charge in [0.2, 0.25) is 21.8 Å². The Kier molecular flexibility index (Phi) is 12.0. The number of hydrogen-bond donors (Lipinski definition) is 1. The van der Waals surface area contributed by atoms with Crippen molar-refractivity contribution < 1.29 is 22.7 Å². The van der Waals surface area contributed by atoms with Gasteiger partial charge in [-0.2, -0.15) is 0 Å². The van der Waals surface area contributed by atoms with Crippen molar-refractivity contribution in [1.29, 1.82) is 0 Å². The maximum Gasteiger partial charge on any atom is 0.243 e. The molecule has 8 nitrogen and oxygen atoms in total. The minimum absolute atomic E-state index is 0.0243. The molecule has 2 aromatic rings. The van der Waals surface area contributed by atoms with Crippen molar-refractivity contribution in [2.45, 2.75) is 76.9 Å². The van der Waals surface area contributed by atoms with Crippen LogP contribution in [0.2, 0.25) is 10.0 Å². The standard InChI is InChI=1S/C29H39Cl2N3O5S/c1-4-25(29(36)32-21-12-6-5-7-13-21)33(20-22-23(30)14-10-15-24(22)31)28(35)18-11-19-34(40(3,37)38)26-16-8-9-17-27(26)39-2/h8-10,14-17,21,25H,4-7,11-13,18-20H2,1-3H3,(H,32,36)/t25-/m0/s1. The topological polar surface area (TPSA) is 96.0 Å². The second-order valence-corrected chi connectivity index (χ2v) is 12.8. The van der Waals surface area contributed by atoms with Crippen LogP contribution in [0.15, 0.2) is 42.5 Å². The molecule has 0 saturated heterocycles. The predicted octanol–water partition coefficient (Wildman–Crippen LogP) is 5.80. The molecule has 3 rings (SSSR count). The molecule has 0 spiro atoms. The Labute approximate surface area is 248 Å². The summed E-state index contributed by atoms with van der Waals surface area (Å²) in [5.74, 6) is -0.0625. The molecular formula is C29H39Cl2N3O5S. The van der Waals surface area contributed by atoms with Crippen molar-refractivity contribution >= 4 is 50.7 Å². The summed E-state index contributed by atoms with van der Waals surface area (Å²) >= 11 is 12.9. The zero-order chi connectivity index (χ0) is 29.3. The van der Waals surface area contributed by atoms with Gasteiger partial charge in [0.15, 0.2) is 0 Å². The van der Waals surface area contributed by atoms with E-state index in [1.54, 1.807) is 42.5 Å². The minimum Gasteiger partial charge on any atom is -0.495 e. The Morgan fingerprint density at radius 2 is 1.70 bits per heavy atom. The number of para-hydroxylation sites is 2. The third kappa shape index (κ3) is 8.51. The minimum atomic E-state index is -3.65. The summed E-state index contributed by atoms with van der Waals surface area (Å²) in [6, 6.07) is 11.3. The maximum absolute atomic E-state index is 13.7. The number of carbonyl (C=O) groups excluding carboxylic acids is 2. The van der Waals surface area contributed by atoms with E-state index in [9.17, 15) is 18.0 Å². The molecule has 1 fully saturated rings. The number of methoxy groups -OCH3 is 1. The molecule has 2 amide bonds. The Hall–Kier alpha value is -2.49. The van der Waals surface area contributed by atoms with Crippen LogP contribution in [0.5, 0.6) is 5.75 Å². The Morgan fingerprint density at radius 3 is 2.30 bits per heavy atom. The van der Waals surface area contributed by atoms with Crippen LogP contribution in [0.25, 0.3) is 0 Å². The van der Waals surface area contributed by atoms with Crippen molar-refractivity contribution in [2.75, 3.05) is 24.2 Å². The number of nitrogens with one attached hydrogen (secondary N) is 1. The van der Waals surface area contributed by atoms with Gasteiger partial charge in [-0.3, -0.25) is 13.9 Å². The number of anilines is 1. The van der Waals surface area contributed by atoms with E-state index in [0.29, 0.717) is 33.5 Å². The number of rotatable bonds is 13. The molecule has 11 heteroatoms. The van der Waals surface area contributed by atoms with Crippen LogP contribution in [-0.2, 0) is 26.2 Å². The van der Waals surface area contributed by atoms with E-state index >= 15 is 0 Å². The largest absolute Gasteiger partial charge is 0.495 e. The highest BCUT2D eigenvalue weighted by Crippen LogP contribution is 2.31. The first-order chi connectivity index (χ1) is 19.1. The Balaban J connectivity index is 1.82. The summed E-state index contributed by atoms with van der Waals surface area (Å²) in [7, 11) is -2.17. The van der Waals surface area contributed by atoms with Crippen LogP contribution < -0.4 is 14.4 Å². The third-order valence-corrected chi connectivity index (χ3v) is 9.12. The highest BCUT2D eigenvalue weighted by molar-refractivity contribution is 7.92. The van der Waals surface area contributed by atoms with Crippen LogP contribution in [0.4, 0.5) is 5.69 Å². The van der Waals surface area contributed by atoms with Gasteiger partial charge in [-0.25, -0.2) is 8.42 Å². The fourth-order valence-electron chi connectivity index (χ4n) is 5.14. The highest BCUT2D eigenvalue weighted by Gasteiger charge is 2.31. The normalized spacial score (nSPS) is 14.8. The SMILES string of the molecule is CC[C@@H](C(=O)NC1CCCCC1)N(Cc1c(Cl)cccc1Cl)C(=O)CCCN(c1ccccc1OC)S(C)(=O)=O. The smallest absolute Gasteiger partial charge is 0.243 e. The van der Waals surface area contributed by atoms with Crippen LogP contribution >= 0.6 is 23.2 Å². The van der Waals surface area contributed by atoms with E-state index in [-0.39, 0.29) is 43.8 Å². The molecule has 1 aliphatic carbocycles. The highest BCUT2D eigenvalue weighted by atomic mass is 35.5. The third-order valence-electron chi connectivity index (χ3n) is 7.23. The van der Waals surface area contributed by atoms with Gasteiger partial charge in [0, 0.05) is 41.2 Å². The zero-order valence-electron chi connectivity index (χ0n) is 23.4. The van der Waals surface area contributed by atoms with Gasteiger partial charge >= 0.3 is 0 Å². The average molecular weight is 613 g/mol. The van der Waals surface area contributed by atoms with E-state index in [2.05, 4.69) is 5.32 Å². The van der Waals surface area contributed by atoms with E-state index in [1.165, 1.54) is 22.7 Å². The van der Waals surface area contributed by atoms with Crippen molar-refractivity contribution in [2.24, 2.45) is 0 Å². The van der Waals surface area contributed by atoms with Crippen LogP contribution in [0.1, 0.15) is 63.9 Å². The summed E-state index contributed by atoms with van der Waals surface area (Å²) in [6.07, 6.45) is 6.95. The molecule has 1 saturated carbocycles.